The number of para-hydroxylation sites is 1. The molecular weight excluding hydrogens is 322 g/mol. The van der Waals surface area contributed by atoms with Crippen molar-refractivity contribution in [1.82, 2.24) is 10.2 Å². The summed E-state index contributed by atoms with van der Waals surface area (Å²) in [6.07, 6.45) is 3.61. The summed E-state index contributed by atoms with van der Waals surface area (Å²) in [4.78, 5) is 40.1. The summed E-state index contributed by atoms with van der Waals surface area (Å²) in [6, 6.07) is 5.62. The second-order valence-electron chi connectivity index (χ2n) is 6.37. The fraction of sp³-hybridized carbons (Fsp3) is 0.500. The highest BCUT2D eigenvalue weighted by molar-refractivity contribution is 6.17. The number of nitrogens with zero attached hydrogens (tertiary/aromatic N) is 1. The number of anilines is 1. The topological polar surface area (TPSA) is 87.7 Å². The van der Waals surface area contributed by atoms with Crippen molar-refractivity contribution in [2.45, 2.75) is 37.8 Å². The van der Waals surface area contributed by atoms with Crippen molar-refractivity contribution in [3.8, 4) is 0 Å². The molecule has 2 aliphatic rings. The minimum absolute atomic E-state index is 0.0948. The van der Waals surface area contributed by atoms with E-state index in [4.69, 9.17) is 4.74 Å². The summed E-state index contributed by atoms with van der Waals surface area (Å²) in [5, 5.41) is 5.43. The van der Waals surface area contributed by atoms with E-state index in [1.807, 2.05) is 0 Å². The van der Waals surface area contributed by atoms with Gasteiger partial charge in [0.1, 0.15) is 0 Å². The number of amides is 3. The van der Waals surface area contributed by atoms with Crippen LogP contribution in [0, 0.1) is 0 Å². The third-order valence-corrected chi connectivity index (χ3v) is 4.75. The normalized spacial score (nSPS) is 20.8. The van der Waals surface area contributed by atoms with Crippen molar-refractivity contribution < 1.29 is 19.1 Å². The fourth-order valence-corrected chi connectivity index (χ4v) is 3.54. The smallest absolute Gasteiger partial charge is 0.257 e. The molecular formula is C18H23N3O4. The lowest BCUT2D eigenvalue weighted by Gasteiger charge is -2.33. The van der Waals surface area contributed by atoms with Crippen LogP contribution in [0.2, 0.25) is 0 Å². The molecule has 2 N–H and O–H groups in total. The molecule has 134 valence electrons. The maximum absolute atomic E-state index is 13.1. The molecule has 1 fully saturated rings. The first-order chi connectivity index (χ1) is 12.1. The van der Waals surface area contributed by atoms with Crippen LogP contribution in [-0.4, -0.2) is 55.0 Å². The molecule has 1 saturated carbocycles. The van der Waals surface area contributed by atoms with Crippen LogP contribution in [0.4, 0.5) is 5.69 Å². The number of carbonyl (C=O) groups excluding carboxylic acids is 3. The van der Waals surface area contributed by atoms with E-state index < -0.39 is 17.9 Å². The molecule has 0 radical (unpaired) electrons. The van der Waals surface area contributed by atoms with Gasteiger partial charge >= 0.3 is 0 Å². The van der Waals surface area contributed by atoms with Crippen molar-refractivity contribution >= 4 is 23.4 Å². The van der Waals surface area contributed by atoms with Crippen molar-refractivity contribution in [2.24, 2.45) is 0 Å². The van der Waals surface area contributed by atoms with Gasteiger partial charge in [0, 0.05) is 19.7 Å². The molecule has 1 heterocycles. The summed E-state index contributed by atoms with van der Waals surface area (Å²) in [5.41, 5.74) is 0.877. The maximum atomic E-state index is 13.1. The van der Waals surface area contributed by atoms with Gasteiger partial charge in [-0.25, -0.2) is 0 Å². The number of hydrogen-bond acceptors (Lipinski definition) is 4. The van der Waals surface area contributed by atoms with Crippen molar-refractivity contribution in [1.29, 1.82) is 0 Å². The van der Waals surface area contributed by atoms with E-state index in [9.17, 15) is 14.4 Å². The molecule has 25 heavy (non-hydrogen) atoms. The van der Waals surface area contributed by atoms with Gasteiger partial charge in [-0.3, -0.25) is 14.4 Å². The number of benzene rings is 1. The van der Waals surface area contributed by atoms with E-state index in [-0.39, 0.29) is 11.9 Å². The number of fused-ring (bicyclic) bond motifs is 1. The zero-order valence-electron chi connectivity index (χ0n) is 14.3. The van der Waals surface area contributed by atoms with Crippen LogP contribution in [0.5, 0.6) is 0 Å². The fourth-order valence-electron chi connectivity index (χ4n) is 3.54. The second-order valence-corrected chi connectivity index (χ2v) is 6.37. The van der Waals surface area contributed by atoms with E-state index in [1.165, 1.54) is 12.0 Å². The lowest BCUT2D eigenvalue weighted by molar-refractivity contribution is -0.134. The van der Waals surface area contributed by atoms with E-state index >= 15 is 0 Å². The molecule has 1 unspecified atom stereocenters. The predicted octanol–water partition coefficient (Wildman–Crippen LogP) is 1.15. The summed E-state index contributed by atoms with van der Waals surface area (Å²) in [6.45, 7) is 0.635. The van der Waals surface area contributed by atoms with Crippen molar-refractivity contribution in [3.05, 3.63) is 29.8 Å². The van der Waals surface area contributed by atoms with Gasteiger partial charge < -0.3 is 20.3 Å². The van der Waals surface area contributed by atoms with E-state index in [0.29, 0.717) is 24.4 Å². The number of nitrogens with one attached hydrogen (secondary N) is 2. The number of methoxy groups -OCH3 is 1. The molecule has 3 amide bonds. The number of rotatable bonds is 5. The first-order valence-corrected chi connectivity index (χ1v) is 8.62. The zero-order chi connectivity index (χ0) is 17.8. The van der Waals surface area contributed by atoms with Crippen molar-refractivity contribution in [3.63, 3.8) is 0 Å². The van der Waals surface area contributed by atoms with Crippen LogP contribution < -0.4 is 10.6 Å². The van der Waals surface area contributed by atoms with Gasteiger partial charge in [-0.15, -0.1) is 0 Å². The Morgan fingerprint density at radius 2 is 2.00 bits per heavy atom. The first kappa shape index (κ1) is 17.4. The molecule has 7 nitrogen and oxygen atoms in total. The van der Waals surface area contributed by atoms with E-state index in [2.05, 4.69) is 10.6 Å². The first-order valence-electron chi connectivity index (χ1n) is 8.62. The molecule has 0 bridgehead atoms. The molecule has 1 atom stereocenters. The number of carbonyl (C=O) groups is 3. The third kappa shape index (κ3) is 3.51. The largest absolute Gasteiger partial charge is 0.383 e. The molecule has 7 heteroatoms. The lowest BCUT2D eigenvalue weighted by atomic mass is 10.1. The highest BCUT2D eigenvalue weighted by Gasteiger charge is 2.43. The average Bonchev–Trinajstić information content (AvgIpc) is 3.10. The van der Waals surface area contributed by atoms with Gasteiger partial charge in [0.25, 0.3) is 17.7 Å². The molecule has 1 aromatic rings. The van der Waals surface area contributed by atoms with Crippen LogP contribution in [-0.2, 0) is 14.3 Å². The molecule has 1 aliphatic heterocycles. The molecule has 3 rings (SSSR count). The van der Waals surface area contributed by atoms with Gasteiger partial charge in [-0.05, 0) is 25.0 Å². The number of ether oxygens (including phenoxy) is 1. The molecule has 0 saturated heterocycles. The predicted molar refractivity (Wildman–Crippen MR) is 92.2 cm³/mol. The molecule has 1 aromatic carbocycles. The van der Waals surface area contributed by atoms with Gasteiger partial charge in [-0.2, -0.15) is 0 Å². The maximum Gasteiger partial charge on any atom is 0.257 e. The Labute approximate surface area is 146 Å². The van der Waals surface area contributed by atoms with Crippen LogP contribution >= 0.6 is 0 Å². The highest BCUT2D eigenvalue weighted by Crippen LogP contribution is 2.31. The number of hydrogen-bond donors (Lipinski definition) is 2. The van der Waals surface area contributed by atoms with Crippen molar-refractivity contribution in [2.75, 3.05) is 25.6 Å². The van der Waals surface area contributed by atoms with Gasteiger partial charge in [0.15, 0.2) is 6.04 Å². The van der Waals surface area contributed by atoms with Crippen LogP contribution in [0.3, 0.4) is 0 Å². The Kier molecular flexibility index (Phi) is 5.33. The van der Waals surface area contributed by atoms with Gasteiger partial charge in [0.05, 0.1) is 17.9 Å². The third-order valence-electron chi connectivity index (χ3n) is 4.75. The highest BCUT2D eigenvalue weighted by atomic mass is 16.5. The van der Waals surface area contributed by atoms with Crippen LogP contribution in [0.25, 0.3) is 0 Å². The lowest BCUT2D eigenvalue weighted by Crippen LogP contribution is -2.57. The quantitative estimate of drug-likeness (QED) is 0.619. The van der Waals surface area contributed by atoms with E-state index in [0.717, 1.165) is 25.7 Å². The Bertz CT molecular complexity index is 670. The summed E-state index contributed by atoms with van der Waals surface area (Å²) in [5.74, 6) is -1.21. The second kappa shape index (κ2) is 7.65. The Hall–Kier alpha value is -2.41. The minimum atomic E-state index is -1.17. The molecule has 0 aromatic heterocycles. The summed E-state index contributed by atoms with van der Waals surface area (Å²) < 4.78 is 4.93. The molecule has 1 aliphatic carbocycles. The molecule has 0 spiro atoms. The van der Waals surface area contributed by atoms with Crippen LogP contribution in [0.1, 0.15) is 36.0 Å². The Morgan fingerprint density at radius 3 is 2.72 bits per heavy atom. The van der Waals surface area contributed by atoms with E-state index in [1.54, 1.807) is 24.3 Å². The summed E-state index contributed by atoms with van der Waals surface area (Å²) >= 11 is 0. The Morgan fingerprint density at radius 1 is 1.28 bits per heavy atom. The monoisotopic (exact) mass is 345 g/mol. The average molecular weight is 345 g/mol. The SMILES string of the molecule is COCCNC(=O)C1C(=O)Nc2ccccc2C(=O)N1C1CCCC1. The van der Waals surface area contributed by atoms with Crippen LogP contribution in [0.15, 0.2) is 24.3 Å². The van der Waals surface area contributed by atoms with Gasteiger partial charge in [0.2, 0.25) is 0 Å². The standard InChI is InChI=1S/C18H23N3O4/c1-25-11-10-19-16(22)15-17(23)20-14-9-5-4-8-13(14)18(24)21(15)12-6-2-3-7-12/h4-5,8-9,12,15H,2-3,6-7,10-11H2,1H3,(H,19,22)(H,20,23). The summed E-state index contributed by atoms with van der Waals surface area (Å²) in [7, 11) is 1.54. The minimum Gasteiger partial charge on any atom is -0.383 e. The van der Waals surface area contributed by atoms with Gasteiger partial charge in [-0.1, -0.05) is 25.0 Å². The zero-order valence-corrected chi connectivity index (χ0v) is 14.3. The Balaban J connectivity index is 1.94.